The molecule has 1 saturated carbocycles. The Balaban J connectivity index is 1.70. The van der Waals surface area contributed by atoms with Crippen molar-refractivity contribution in [1.29, 1.82) is 0 Å². The summed E-state index contributed by atoms with van der Waals surface area (Å²) in [4.78, 5) is 29.6. The van der Waals surface area contributed by atoms with Crippen LogP contribution in [0.15, 0.2) is 24.3 Å². The van der Waals surface area contributed by atoms with Gasteiger partial charge in [-0.05, 0) is 50.2 Å². The van der Waals surface area contributed by atoms with Crippen molar-refractivity contribution >= 4 is 11.8 Å². The van der Waals surface area contributed by atoms with Crippen LogP contribution < -0.4 is 11.1 Å². The number of hydrogen-bond donors (Lipinski definition) is 2. The molecule has 0 bridgehead atoms. The highest BCUT2D eigenvalue weighted by molar-refractivity contribution is 5.87. The predicted molar refractivity (Wildman–Crippen MR) is 121 cm³/mol. The fourth-order valence-electron chi connectivity index (χ4n) is 4.84. The normalized spacial score (nSPS) is 26.3. The Kier molecular flexibility index (Phi) is 8.46. The van der Waals surface area contributed by atoms with Crippen LogP contribution in [0.1, 0.15) is 50.2 Å². The van der Waals surface area contributed by atoms with Crippen LogP contribution in [-0.4, -0.2) is 72.6 Å². The van der Waals surface area contributed by atoms with E-state index in [0.717, 1.165) is 38.8 Å². The summed E-state index contributed by atoms with van der Waals surface area (Å²) in [6.45, 7) is 6.40. The molecule has 7 nitrogen and oxygen atoms in total. The van der Waals surface area contributed by atoms with Gasteiger partial charge >= 0.3 is 0 Å². The molecule has 2 fully saturated rings. The highest BCUT2D eigenvalue weighted by Gasteiger charge is 2.41. The van der Waals surface area contributed by atoms with E-state index in [1.165, 1.54) is 11.1 Å². The maximum atomic E-state index is 13.1. The molecule has 1 aromatic carbocycles. The molecule has 7 heteroatoms. The number of nitrogens with one attached hydrogen (secondary N) is 1. The van der Waals surface area contributed by atoms with Crippen molar-refractivity contribution in [3.05, 3.63) is 35.4 Å². The van der Waals surface area contributed by atoms with Crippen molar-refractivity contribution in [2.45, 2.75) is 76.7 Å². The molecule has 2 amide bonds. The predicted octanol–water partition coefficient (Wildman–Crippen LogP) is 1.82. The molecule has 2 aliphatic rings. The Morgan fingerprint density at radius 1 is 1.23 bits per heavy atom. The van der Waals surface area contributed by atoms with E-state index < -0.39 is 6.04 Å². The molecule has 3 N–H and O–H groups in total. The molecule has 1 aliphatic carbocycles. The summed E-state index contributed by atoms with van der Waals surface area (Å²) in [6, 6.07) is 8.47. The highest BCUT2D eigenvalue weighted by atomic mass is 16.5. The summed E-state index contributed by atoms with van der Waals surface area (Å²) >= 11 is 0. The second-order valence-electron chi connectivity index (χ2n) is 9.09. The largest absolute Gasteiger partial charge is 0.383 e. The first kappa shape index (κ1) is 23.7. The third kappa shape index (κ3) is 6.28. The van der Waals surface area contributed by atoms with Gasteiger partial charge < -0.3 is 20.7 Å². The van der Waals surface area contributed by atoms with Crippen LogP contribution in [0.5, 0.6) is 0 Å². The topological polar surface area (TPSA) is 87.9 Å². The lowest BCUT2D eigenvalue weighted by Crippen LogP contribution is -2.49. The van der Waals surface area contributed by atoms with Gasteiger partial charge in [-0.25, -0.2) is 0 Å². The second-order valence-corrected chi connectivity index (χ2v) is 9.09. The minimum Gasteiger partial charge on any atom is -0.383 e. The molecular weight excluding hydrogens is 392 g/mol. The minimum atomic E-state index is -0.417. The lowest BCUT2D eigenvalue weighted by molar-refractivity contribution is -0.137. The number of amides is 2. The number of nitrogens with zero attached hydrogens (tertiary/aromatic N) is 2. The number of benzene rings is 1. The van der Waals surface area contributed by atoms with Crippen molar-refractivity contribution < 1.29 is 14.3 Å². The fraction of sp³-hybridized carbons (Fsp3) is 0.667. The molecule has 0 spiro atoms. The van der Waals surface area contributed by atoms with E-state index in [-0.39, 0.29) is 29.9 Å². The highest BCUT2D eigenvalue weighted by Crippen LogP contribution is 2.26. The molecular formula is C24H38N4O3. The average Bonchev–Trinajstić information content (AvgIpc) is 3.20. The Bertz CT molecular complexity index is 748. The number of carbonyl (C=O) groups is 2. The quantitative estimate of drug-likeness (QED) is 0.657. The first-order valence-electron chi connectivity index (χ1n) is 11.5. The lowest BCUT2D eigenvalue weighted by Gasteiger charge is -2.29. The second kappa shape index (κ2) is 11.1. The molecule has 172 valence electrons. The summed E-state index contributed by atoms with van der Waals surface area (Å²) in [5.41, 5.74) is 8.51. The molecule has 0 aromatic heterocycles. The summed E-state index contributed by atoms with van der Waals surface area (Å²) in [5, 5.41) is 3.20. The standard InChI is InChI=1S/C24H38N4O3/c1-17-6-4-5-7-19(17)15-27(12-13-31-3)22-14-23(28(16-22)18(2)29)24(30)26-21-10-8-20(25)9-11-21/h4-7,20-23H,8-16,25H2,1-3H3,(H,26,30). The van der Waals surface area contributed by atoms with Crippen molar-refractivity contribution in [2.75, 3.05) is 26.8 Å². The van der Waals surface area contributed by atoms with Gasteiger partial charge in [0.05, 0.1) is 6.61 Å². The summed E-state index contributed by atoms with van der Waals surface area (Å²) in [7, 11) is 1.70. The van der Waals surface area contributed by atoms with Gasteiger partial charge in [-0.2, -0.15) is 0 Å². The number of likely N-dealkylation sites (tertiary alicyclic amines) is 1. The van der Waals surface area contributed by atoms with Gasteiger partial charge in [-0.1, -0.05) is 24.3 Å². The SMILES string of the molecule is COCCN(Cc1ccccc1C)C1CC(C(=O)NC2CCC(N)CC2)N(C(C)=O)C1. The average molecular weight is 431 g/mol. The number of rotatable bonds is 8. The third-order valence-electron chi connectivity index (χ3n) is 6.84. The number of hydrogen-bond acceptors (Lipinski definition) is 5. The van der Waals surface area contributed by atoms with Crippen LogP contribution in [-0.2, 0) is 20.9 Å². The van der Waals surface area contributed by atoms with Crippen LogP contribution in [0, 0.1) is 6.92 Å². The Morgan fingerprint density at radius 3 is 2.58 bits per heavy atom. The van der Waals surface area contributed by atoms with E-state index in [9.17, 15) is 9.59 Å². The molecule has 3 rings (SSSR count). The number of nitrogens with two attached hydrogens (primary N) is 1. The smallest absolute Gasteiger partial charge is 0.243 e. The van der Waals surface area contributed by atoms with Gasteiger partial charge in [-0.15, -0.1) is 0 Å². The number of ether oxygens (including phenoxy) is 1. The number of aryl methyl sites for hydroxylation is 1. The Hall–Kier alpha value is -1.96. The molecule has 1 aromatic rings. The maximum Gasteiger partial charge on any atom is 0.243 e. The third-order valence-corrected chi connectivity index (χ3v) is 6.84. The van der Waals surface area contributed by atoms with Gasteiger partial charge in [0.1, 0.15) is 6.04 Å². The molecule has 31 heavy (non-hydrogen) atoms. The van der Waals surface area contributed by atoms with Gasteiger partial charge in [0.2, 0.25) is 11.8 Å². The Labute approximate surface area is 186 Å². The van der Waals surface area contributed by atoms with Gasteiger partial charge in [0.25, 0.3) is 0 Å². The van der Waals surface area contributed by atoms with Crippen LogP contribution in [0.2, 0.25) is 0 Å². The van der Waals surface area contributed by atoms with Crippen LogP contribution >= 0.6 is 0 Å². The van der Waals surface area contributed by atoms with E-state index in [4.69, 9.17) is 10.5 Å². The molecule has 1 aliphatic heterocycles. The molecule has 2 atom stereocenters. The van der Waals surface area contributed by atoms with Crippen molar-refractivity contribution in [1.82, 2.24) is 15.1 Å². The maximum absolute atomic E-state index is 13.1. The first-order valence-corrected chi connectivity index (χ1v) is 11.5. The van der Waals surface area contributed by atoms with Gasteiger partial charge in [0.15, 0.2) is 0 Å². The van der Waals surface area contributed by atoms with E-state index >= 15 is 0 Å². The zero-order chi connectivity index (χ0) is 22.4. The summed E-state index contributed by atoms with van der Waals surface area (Å²) in [5.74, 6) is -0.0725. The van der Waals surface area contributed by atoms with Crippen molar-refractivity contribution in [2.24, 2.45) is 5.73 Å². The van der Waals surface area contributed by atoms with E-state index in [1.807, 2.05) is 6.07 Å². The van der Waals surface area contributed by atoms with Gasteiger partial charge in [0, 0.05) is 51.8 Å². The zero-order valence-corrected chi connectivity index (χ0v) is 19.2. The van der Waals surface area contributed by atoms with E-state index in [0.29, 0.717) is 19.6 Å². The molecule has 0 radical (unpaired) electrons. The monoisotopic (exact) mass is 430 g/mol. The first-order chi connectivity index (χ1) is 14.9. The van der Waals surface area contributed by atoms with Crippen LogP contribution in [0.3, 0.4) is 0 Å². The molecule has 1 saturated heterocycles. The van der Waals surface area contributed by atoms with E-state index in [1.54, 1.807) is 18.9 Å². The summed E-state index contributed by atoms with van der Waals surface area (Å²) < 4.78 is 5.35. The van der Waals surface area contributed by atoms with Gasteiger partial charge in [-0.3, -0.25) is 14.5 Å². The zero-order valence-electron chi connectivity index (χ0n) is 19.2. The minimum absolute atomic E-state index is 0.0271. The lowest BCUT2D eigenvalue weighted by atomic mass is 9.91. The van der Waals surface area contributed by atoms with Crippen molar-refractivity contribution in [3.8, 4) is 0 Å². The molecule has 2 unspecified atom stereocenters. The Morgan fingerprint density at radius 2 is 1.94 bits per heavy atom. The van der Waals surface area contributed by atoms with Crippen LogP contribution in [0.4, 0.5) is 0 Å². The van der Waals surface area contributed by atoms with Crippen LogP contribution in [0.25, 0.3) is 0 Å². The summed E-state index contributed by atoms with van der Waals surface area (Å²) in [6.07, 6.45) is 4.35. The molecule has 1 heterocycles. The number of carbonyl (C=O) groups excluding carboxylic acids is 2. The van der Waals surface area contributed by atoms with Crippen molar-refractivity contribution in [3.63, 3.8) is 0 Å². The van der Waals surface area contributed by atoms with E-state index in [2.05, 4.69) is 35.3 Å². The number of methoxy groups -OCH3 is 1. The fourth-order valence-corrected chi connectivity index (χ4v) is 4.84.